The Labute approximate surface area is 179 Å². The molecule has 3 aliphatic carbocycles. The number of nitrogens with one attached hydrogen (secondary N) is 1. The molecule has 4 fully saturated rings. The zero-order chi connectivity index (χ0) is 21.4. The van der Waals surface area contributed by atoms with Gasteiger partial charge in [-0.05, 0) is 76.2 Å². The highest BCUT2D eigenvalue weighted by atomic mass is 16.6. The number of amides is 2. The average molecular weight is 415 g/mol. The summed E-state index contributed by atoms with van der Waals surface area (Å²) in [6, 6.07) is 9.75. The first-order chi connectivity index (χ1) is 14.2. The van der Waals surface area contributed by atoms with E-state index in [0.29, 0.717) is 17.9 Å². The summed E-state index contributed by atoms with van der Waals surface area (Å²) in [5, 5.41) is 3.10. The largest absolute Gasteiger partial charge is 0.445 e. The Morgan fingerprint density at radius 2 is 1.73 bits per heavy atom. The van der Waals surface area contributed by atoms with E-state index >= 15 is 0 Å². The first kappa shape index (κ1) is 21.0. The molecule has 2 bridgehead atoms. The smallest absolute Gasteiger partial charge is 0.410 e. The van der Waals surface area contributed by atoms with Gasteiger partial charge in [0.1, 0.15) is 12.2 Å². The first-order valence-corrected chi connectivity index (χ1v) is 11.1. The number of benzene rings is 1. The van der Waals surface area contributed by atoms with E-state index in [-0.39, 0.29) is 17.7 Å². The molecule has 6 nitrogen and oxygen atoms in total. The second kappa shape index (κ2) is 7.78. The SMILES string of the molecule is CC(C)(C)OC(=O)N1CCC(CC23CC(NC(=O)OCc4ccccc4)(C2)C3)CC1. The van der Waals surface area contributed by atoms with Crippen LogP contribution >= 0.6 is 0 Å². The van der Waals surface area contributed by atoms with Gasteiger partial charge in [-0.15, -0.1) is 0 Å². The Morgan fingerprint density at radius 1 is 1.10 bits per heavy atom. The van der Waals surface area contributed by atoms with Crippen molar-refractivity contribution in [2.45, 2.75) is 77.0 Å². The highest BCUT2D eigenvalue weighted by molar-refractivity contribution is 5.69. The van der Waals surface area contributed by atoms with E-state index in [1.54, 1.807) is 0 Å². The van der Waals surface area contributed by atoms with E-state index in [1.165, 1.54) is 6.42 Å². The molecule has 0 radical (unpaired) electrons. The molecule has 1 aromatic rings. The highest BCUT2D eigenvalue weighted by Crippen LogP contribution is 2.70. The van der Waals surface area contributed by atoms with Crippen molar-refractivity contribution in [3.05, 3.63) is 35.9 Å². The summed E-state index contributed by atoms with van der Waals surface area (Å²) in [5.74, 6) is 0.659. The normalized spacial score (nSPS) is 28.2. The summed E-state index contributed by atoms with van der Waals surface area (Å²) < 4.78 is 10.9. The number of nitrogens with zero attached hydrogens (tertiary/aromatic N) is 1. The maximum atomic E-state index is 12.2. The minimum Gasteiger partial charge on any atom is -0.445 e. The third kappa shape index (κ3) is 4.73. The van der Waals surface area contributed by atoms with Crippen molar-refractivity contribution in [1.82, 2.24) is 10.2 Å². The van der Waals surface area contributed by atoms with Crippen LogP contribution in [0.5, 0.6) is 0 Å². The molecule has 30 heavy (non-hydrogen) atoms. The molecule has 1 saturated heterocycles. The van der Waals surface area contributed by atoms with Gasteiger partial charge >= 0.3 is 12.2 Å². The summed E-state index contributed by atoms with van der Waals surface area (Å²) in [4.78, 5) is 26.2. The van der Waals surface area contributed by atoms with Gasteiger partial charge in [-0.2, -0.15) is 0 Å². The molecule has 3 saturated carbocycles. The van der Waals surface area contributed by atoms with Crippen molar-refractivity contribution in [2.75, 3.05) is 13.1 Å². The molecule has 4 aliphatic rings. The van der Waals surface area contributed by atoms with Gasteiger partial charge in [0.2, 0.25) is 0 Å². The van der Waals surface area contributed by atoms with Crippen LogP contribution in [-0.2, 0) is 16.1 Å². The zero-order valence-electron chi connectivity index (χ0n) is 18.4. The summed E-state index contributed by atoms with van der Waals surface area (Å²) >= 11 is 0. The quantitative estimate of drug-likeness (QED) is 0.746. The van der Waals surface area contributed by atoms with Crippen molar-refractivity contribution in [3.63, 3.8) is 0 Å². The number of ether oxygens (including phenoxy) is 2. The maximum absolute atomic E-state index is 12.2. The van der Waals surface area contributed by atoms with E-state index < -0.39 is 5.60 Å². The van der Waals surface area contributed by atoms with Crippen LogP contribution < -0.4 is 5.32 Å². The molecule has 2 amide bonds. The number of likely N-dealkylation sites (tertiary alicyclic amines) is 1. The lowest BCUT2D eigenvalue weighted by molar-refractivity contribution is -0.164. The summed E-state index contributed by atoms with van der Waals surface area (Å²) in [6.45, 7) is 7.59. The lowest BCUT2D eigenvalue weighted by Crippen LogP contribution is -2.75. The molecule has 0 unspecified atom stereocenters. The van der Waals surface area contributed by atoms with E-state index in [2.05, 4.69) is 5.32 Å². The fourth-order valence-corrected chi connectivity index (χ4v) is 5.58. The van der Waals surface area contributed by atoms with Crippen molar-refractivity contribution in [1.29, 1.82) is 0 Å². The van der Waals surface area contributed by atoms with Gasteiger partial charge in [0, 0.05) is 18.6 Å². The summed E-state index contributed by atoms with van der Waals surface area (Å²) in [7, 11) is 0. The third-order valence-electron chi connectivity index (χ3n) is 6.71. The highest BCUT2D eigenvalue weighted by Gasteiger charge is 2.68. The van der Waals surface area contributed by atoms with Crippen LogP contribution in [0.4, 0.5) is 9.59 Å². The van der Waals surface area contributed by atoms with E-state index in [1.807, 2.05) is 56.0 Å². The van der Waals surface area contributed by atoms with Crippen LogP contribution in [-0.4, -0.2) is 41.3 Å². The lowest BCUT2D eigenvalue weighted by Gasteiger charge is -2.71. The van der Waals surface area contributed by atoms with Gasteiger partial charge in [-0.25, -0.2) is 9.59 Å². The predicted molar refractivity (Wildman–Crippen MR) is 114 cm³/mol. The maximum Gasteiger partial charge on any atom is 0.410 e. The Kier molecular flexibility index (Phi) is 5.45. The number of piperidine rings is 1. The second-order valence-corrected chi connectivity index (χ2v) is 10.6. The number of hydrogen-bond acceptors (Lipinski definition) is 4. The summed E-state index contributed by atoms with van der Waals surface area (Å²) in [6.07, 6.45) is 5.98. The topological polar surface area (TPSA) is 67.9 Å². The summed E-state index contributed by atoms with van der Waals surface area (Å²) in [5.41, 5.74) is 0.916. The number of carbonyl (C=O) groups excluding carboxylic acids is 2. The minimum atomic E-state index is -0.441. The number of hydrogen-bond donors (Lipinski definition) is 1. The number of alkyl carbamates (subject to hydrolysis) is 1. The van der Waals surface area contributed by atoms with Gasteiger partial charge < -0.3 is 19.7 Å². The van der Waals surface area contributed by atoms with Crippen LogP contribution in [0.3, 0.4) is 0 Å². The molecule has 1 aromatic carbocycles. The van der Waals surface area contributed by atoms with Gasteiger partial charge in [0.25, 0.3) is 0 Å². The molecule has 5 rings (SSSR count). The molecule has 0 aromatic heterocycles. The van der Waals surface area contributed by atoms with Crippen LogP contribution in [0.2, 0.25) is 0 Å². The molecule has 1 N–H and O–H groups in total. The standard InChI is InChI=1S/C24H34N2O4/c1-22(2,3)30-21(28)26-11-9-18(10-12-26)13-23-15-24(16-23,17-23)25-20(27)29-14-19-7-5-4-6-8-19/h4-8,18H,9-17H2,1-3H3,(H,25,27). The van der Waals surface area contributed by atoms with E-state index in [4.69, 9.17) is 9.47 Å². The van der Waals surface area contributed by atoms with Crippen molar-refractivity contribution in [2.24, 2.45) is 11.3 Å². The van der Waals surface area contributed by atoms with Gasteiger partial charge in [-0.3, -0.25) is 0 Å². The van der Waals surface area contributed by atoms with Crippen LogP contribution in [0.15, 0.2) is 30.3 Å². The van der Waals surface area contributed by atoms with Crippen LogP contribution in [0, 0.1) is 11.3 Å². The molecule has 164 valence electrons. The Hall–Kier alpha value is -2.24. The first-order valence-electron chi connectivity index (χ1n) is 11.1. The molecule has 1 aliphatic heterocycles. The molecule has 6 heteroatoms. The molecule has 1 heterocycles. The van der Waals surface area contributed by atoms with Gasteiger partial charge in [0.05, 0.1) is 0 Å². The van der Waals surface area contributed by atoms with E-state index in [0.717, 1.165) is 50.8 Å². The number of rotatable bonds is 5. The molecule has 0 atom stereocenters. The number of carbonyl (C=O) groups is 2. The van der Waals surface area contributed by atoms with E-state index in [9.17, 15) is 9.59 Å². The van der Waals surface area contributed by atoms with Crippen LogP contribution in [0.25, 0.3) is 0 Å². The monoisotopic (exact) mass is 414 g/mol. The van der Waals surface area contributed by atoms with Crippen LogP contribution in [0.1, 0.15) is 64.9 Å². The Morgan fingerprint density at radius 3 is 2.33 bits per heavy atom. The Bertz CT molecular complexity index is 758. The minimum absolute atomic E-state index is 0.0367. The fourth-order valence-electron chi connectivity index (χ4n) is 5.58. The zero-order valence-corrected chi connectivity index (χ0v) is 18.4. The average Bonchev–Trinajstić information content (AvgIpc) is 2.63. The Balaban J connectivity index is 1.15. The molecule has 0 spiro atoms. The van der Waals surface area contributed by atoms with Gasteiger partial charge in [-0.1, -0.05) is 30.3 Å². The molecular formula is C24H34N2O4. The van der Waals surface area contributed by atoms with Crippen molar-refractivity contribution < 1.29 is 19.1 Å². The lowest BCUT2D eigenvalue weighted by atomic mass is 9.37. The third-order valence-corrected chi connectivity index (χ3v) is 6.71. The van der Waals surface area contributed by atoms with Crippen molar-refractivity contribution >= 4 is 12.2 Å². The van der Waals surface area contributed by atoms with Gasteiger partial charge in [0.15, 0.2) is 0 Å². The predicted octanol–water partition coefficient (Wildman–Crippen LogP) is 4.87. The van der Waals surface area contributed by atoms with Crippen molar-refractivity contribution in [3.8, 4) is 0 Å². The second-order valence-electron chi connectivity index (χ2n) is 10.6. The molecular weight excluding hydrogens is 380 g/mol. The fraction of sp³-hybridized carbons (Fsp3) is 0.667.